The van der Waals surface area contributed by atoms with Crippen LogP contribution in [-0.4, -0.2) is 22.3 Å². The Balaban J connectivity index is 2.40. The molecule has 0 N–H and O–H groups in total. The molecule has 0 atom stereocenters. The van der Waals surface area contributed by atoms with E-state index in [2.05, 4.69) is 18.6 Å². The third-order valence-electron chi connectivity index (χ3n) is 3.61. The highest BCUT2D eigenvalue weighted by atomic mass is 16.5. The molecule has 116 valence electrons. The van der Waals surface area contributed by atoms with Crippen LogP contribution in [0, 0.1) is 13.8 Å². The highest BCUT2D eigenvalue weighted by Gasteiger charge is 2.20. The second-order valence-electron chi connectivity index (χ2n) is 5.21. The van der Waals surface area contributed by atoms with Crippen LogP contribution >= 0.6 is 0 Å². The molecule has 0 fully saturated rings. The molecule has 1 aromatic heterocycles. The van der Waals surface area contributed by atoms with Crippen LogP contribution < -0.4 is 4.74 Å². The summed E-state index contributed by atoms with van der Waals surface area (Å²) >= 11 is 0. The summed E-state index contributed by atoms with van der Waals surface area (Å²) in [4.78, 5) is 12.8. The van der Waals surface area contributed by atoms with Gasteiger partial charge in [-0.25, -0.2) is 4.68 Å². The molecular weight excluding hydrogens is 276 g/mol. The van der Waals surface area contributed by atoms with Crippen LogP contribution in [0.3, 0.4) is 0 Å². The van der Waals surface area contributed by atoms with E-state index in [0.717, 1.165) is 29.8 Å². The minimum Gasteiger partial charge on any atom is -0.489 e. The lowest BCUT2D eigenvalue weighted by Crippen LogP contribution is -2.17. The van der Waals surface area contributed by atoms with E-state index in [4.69, 9.17) is 4.74 Å². The number of carbonyl (C=O) groups is 1. The van der Waals surface area contributed by atoms with Crippen LogP contribution in [-0.2, 0) is 6.42 Å². The van der Waals surface area contributed by atoms with E-state index in [1.165, 1.54) is 4.68 Å². The number of aromatic nitrogens is 2. The number of hydrogen-bond donors (Lipinski definition) is 0. The van der Waals surface area contributed by atoms with Crippen LogP contribution in [0.15, 0.2) is 36.9 Å². The van der Waals surface area contributed by atoms with E-state index in [-0.39, 0.29) is 5.91 Å². The second-order valence-corrected chi connectivity index (χ2v) is 5.21. The van der Waals surface area contributed by atoms with E-state index in [0.29, 0.717) is 17.9 Å². The number of ether oxygens (including phenoxy) is 1. The number of para-hydroxylation sites is 1. The highest BCUT2D eigenvalue weighted by Crippen LogP contribution is 2.22. The largest absolute Gasteiger partial charge is 0.489 e. The molecule has 0 saturated heterocycles. The van der Waals surface area contributed by atoms with Crippen LogP contribution in [0.5, 0.6) is 5.75 Å². The molecule has 0 aliphatic rings. The van der Waals surface area contributed by atoms with Crippen molar-refractivity contribution in [2.75, 3.05) is 6.61 Å². The fourth-order valence-corrected chi connectivity index (χ4v) is 2.52. The molecule has 0 spiro atoms. The number of carbonyl (C=O) groups excluding carboxylic acids is 1. The van der Waals surface area contributed by atoms with Gasteiger partial charge in [-0.3, -0.25) is 4.79 Å². The van der Waals surface area contributed by atoms with Gasteiger partial charge in [0.15, 0.2) is 0 Å². The average Bonchev–Trinajstić information content (AvgIpc) is 2.81. The van der Waals surface area contributed by atoms with Crippen LogP contribution in [0.25, 0.3) is 0 Å². The van der Waals surface area contributed by atoms with Gasteiger partial charge in [0, 0.05) is 5.69 Å². The molecule has 1 aromatic carbocycles. The molecule has 2 rings (SSSR count). The molecule has 0 saturated carbocycles. The molecule has 0 aliphatic carbocycles. The number of nitrogens with zero attached hydrogens (tertiary/aromatic N) is 2. The van der Waals surface area contributed by atoms with E-state index < -0.39 is 0 Å². The first-order valence-corrected chi connectivity index (χ1v) is 7.52. The van der Waals surface area contributed by atoms with Crippen molar-refractivity contribution >= 4 is 5.91 Å². The van der Waals surface area contributed by atoms with Crippen LogP contribution in [0.2, 0.25) is 0 Å². The quantitative estimate of drug-likeness (QED) is 0.764. The second kappa shape index (κ2) is 7.07. The monoisotopic (exact) mass is 298 g/mol. The Morgan fingerprint density at radius 1 is 1.36 bits per heavy atom. The molecule has 0 bridgehead atoms. The lowest BCUT2D eigenvalue weighted by Gasteiger charge is -2.10. The van der Waals surface area contributed by atoms with Crippen molar-refractivity contribution in [2.45, 2.75) is 33.6 Å². The maximum absolute atomic E-state index is 12.8. The van der Waals surface area contributed by atoms with Crippen LogP contribution in [0.1, 0.15) is 40.7 Å². The topological polar surface area (TPSA) is 44.1 Å². The number of aryl methyl sites for hydroxylation is 1. The lowest BCUT2D eigenvalue weighted by molar-refractivity contribution is 0.0938. The van der Waals surface area contributed by atoms with Gasteiger partial charge in [-0.2, -0.15) is 5.10 Å². The van der Waals surface area contributed by atoms with Gasteiger partial charge in [-0.1, -0.05) is 38.1 Å². The summed E-state index contributed by atoms with van der Waals surface area (Å²) in [7, 11) is 0. The molecule has 22 heavy (non-hydrogen) atoms. The maximum Gasteiger partial charge on any atom is 0.282 e. The Morgan fingerprint density at radius 2 is 2.09 bits per heavy atom. The first-order valence-electron chi connectivity index (χ1n) is 7.52. The molecule has 0 radical (unpaired) electrons. The van der Waals surface area contributed by atoms with E-state index in [9.17, 15) is 4.79 Å². The number of rotatable bonds is 6. The van der Waals surface area contributed by atoms with Gasteiger partial charge in [0.1, 0.15) is 12.4 Å². The zero-order valence-electron chi connectivity index (χ0n) is 13.4. The molecular formula is C18H22N2O2. The predicted octanol–water partition coefficient (Wildman–Crippen LogP) is 3.71. The fourth-order valence-electron chi connectivity index (χ4n) is 2.52. The van der Waals surface area contributed by atoms with E-state index >= 15 is 0 Å². The van der Waals surface area contributed by atoms with Gasteiger partial charge in [0.25, 0.3) is 5.91 Å². The molecule has 4 nitrogen and oxygen atoms in total. The van der Waals surface area contributed by atoms with Gasteiger partial charge in [0.2, 0.25) is 0 Å². The van der Waals surface area contributed by atoms with Crippen molar-refractivity contribution < 1.29 is 9.53 Å². The lowest BCUT2D eigenvalue weighted by atomic mass is 10.1. The minimum atomic E-state index is -0.164. The summed E-state index contributed by atoms with van der Waals surface area (Å²) in [5, 5.41) is 4.42. The highest BCUT2D eigenvalue weighted by molar-refractivity contribution is 5.98. The van der Waals surface area contributed by atoms with Crippen molar-refractivity contribution in [1.29, 1.82) is 0 Å². The van der Waals surface area contributed by atoms with Gasteiger partial charge in [-0.15, -0.1) is 0 Å². The van der Waals surface area contributed by atoms with Crippen molar-refractivity contribution in [3.63, 3.8) is 0 Å². The molecule has 0 amide bonds. The third kappa shape index (κ3) is 3.11. The Labute approximate surface area is 131 Å². The zero-order chi connectivity index (χ0) is 16.1. The summed E-state index contributed by atoms with van der Waals surface area (Å²) in [5.74, 6) is 0.389. The normalized spacial score (nSPS) is 10.5. The van der Waals surface area contributed by atoms with Crippen molar-refractivity contribution in [3.05, 3.63) is 59.4 Å². The van der Waals surface area contributed by atoms with Gasteiger partial charge in [0.05, 0.1) is 11.3 Å². The van der Waals surface area contributed by atoms with Gasteiger partial charge in [-0.05, 0) is 38.0 Å². The Morgan fingerprint density at radius 3 is 2.77 bits per heavy atom. The SMILES string of the molecule is C=CCOc1ccccc1C(=O)n1nc(C)c(CCC)c1C. The standard InChI is InChI=1S/C18H22N2O2/c1-5-9-15-13(3)19-20(14(15)4)18(21)16-10-7-8-11-17(16)22-12-6-2/h6-8,10-11H,2,5,9,12H2,1,3-4H3. The Kier molecular flexibility index (Phi) is 5.15. The smallest absolute Gasteiger partial charge is 0.282 e. The predicted molar refractivity (Wildman–Crippen MR) is 87.6 cm³/mol. The maximum atomic E-state index is 12.8. The zero-order valence-corrected chi connectivity index (χ0v) is 13.4. The summed E-state index contributed by atoms with van der Waals surface area (Å²) < 4.78 is 7.06. The van der Waals surface area contributed by atoms with Crippen molar-refractivity contribution in [2.24, 2.45) is 0 Å². The fraction of sp³-hybridized carbons (Fsp3) is 0.333. The molecule has 0 aliphatic heterocycles. The molecule has 2 aromatic rings. The summed E-state index contributed by atoms with van der Waals surface area (Å²) in [5.41, 5.74) is 3.48. The van der Waals surface area contributed by atoms with Gasteiger partial charge >= 0.3 is 0 Å². The first kappa shape index (κ1) is 16.0. The van der Waals surface area contributed by atoms with Crippen molar-refractivity contribution in [1.82, 2.24) is 9.78 Å². The average molecular weight is 298 g/mol. The third-order valence-corrected chi connectivity index (χ3v) is 3.61. The number of benzene rings is 1. The van der Waals surface area contributed by atoms with Crippen LogP contribution in [0.4, 0.5) is 0 Å². The Hall–Kier alpha value is -2.36. The van der Waals surface area contributed by atoms with E-state index in [1.807, 2.05) is 26.0 Å². The van der Waals surface area contributed by atoms with Gasteiger partial charge < -0.3 is 4.74 Å². The van der Waals surface area contributed by atoms with E-state index in [1.54, 1.807) is 18.2 Å². The summed E-state index contributed by atoms with van der Waals surface area (Å²) in [6.07, 6.45) is 3.62. The molecule has 1 heterocycles. The summed E-state index contributed by atoms with van der Waals surface area (Å²) in [6.45, 7) is 10.0. The van der Waals surface area contributed by atoms with Crippen molar-refractivity contribution in [3.8, 4) is 5.75 Å². The molecule has 4 heteroatoms. The minimum absolute atomic E-state index is 0.164. The Bertz CT molecular complexity index is 686. The first-order chi connectivity index (χ1) is 10.6. The summed E-state index contributed by atoms with van der Waals surface area (Å²) in [6, 6.07) is 7.22. The number of hydrogen-bond acceptors (Lipinski definition) is 3. The molecule has 0 unspecified atom stereocenters.